The van der Waals surface area contributed by atoms with Crippen LogP contribution in [0.3, 0.4) is 0 Å². The topological polar surface area (TPSA) is 70.4 Å². The van der Waals surface area contributed by atoms with Gasteiger partial charge in [0.25, 0.3) is 0 Å². The van der Waals surface area contributed by atoms with E-state index in [0.717, 1.165) is 41.4 Å². The number of aliphatic hydroxyl groups excluding tert-OH is 1. The average Bonchev–Trinajstić information content (AvgIpc) is 2.95. The number of fused-ring (bicyclic) bond motifs is 1. The van der Waals surface area contributed by atoms with Crippen LogP contribution in [0.25, 0.3) is 23.1 Å². The summed E-state index contributed by atoms with van der Waals surface area (Å²) in [7, 11) is 0. The number of aliphatic carboxylic acids is 1. The standard InChI is InChI=1S/C35H38ClNO3S/c1-3-7-30(35(39)40)23-41-34(19-15-26-9-4-5-10-28(26)20-24(2)38)29-11-6-8-25(21-29)12-17-32-18-14-27-13-16-31(36)22-33(27)37-32/h4-6,8-14,16-18,21-22,24,30,34,38H,3,7,15,19-20,23H2,1-2H3,(H,39,40). The van der Waals surface area contributed by atoms with E-state index in [1.165, 1.54) is 16.7 Å². The van der Waals surface area contributed by atoms with Crippen LogP contribution in [0, 0.1) is 5.92 Å². The van der Waals surface area contributed by atoms with Crippen molar-refractivity contribution in [3.05, 3.63) is 112 Å². The summed E-state index contributed by atoms with van der Waals surface area (Å²) in [5, 5.41) is 21.6. The van der Waals surface area contributed by atoms with Crippen molar-refractivity contribution in [2.24, 2.45) is 5.92 Å². The van der Waals surface area contributed by atoms with E-state index in [-0.39, 0.29) is 11.2 Å². The van der Waals surface area contributed by atoms with Crippen LogP contribution in [0.5, 0.6) is 0 Å². The Labute approximate surface area is 252 Å². The molecular weight excluding hydrogens is 550 g/mol. The zero-order valence-electron chi connectivity index (χ0n) is 23.7. The highest BCUT2D eigenvalue weighted by molar-refractivity contribution is 7.99. The molecule has 0 fully saturated rings. The van der Waals surface area contributed by atoms with E-state index in [4.69, 9.17) is 16.6 Å². The van der Waals surface area contributed by atoms with Crippen molar-refractivity contribution < 1.29 is 15.0 Å². The molecule has 4 rings (SSSR count). The predicted octanol–water partition coefficient (Wildman–Crippen LogP) is 8.89. The quantitative estimate of drug-likeness (QED) is 0.154. The Hall–Kier alpha value is -3.12. The van der Waals surface area contributed by atoms with Crippen LogP contribution < -0.4 is 0 Å². The maximum absolute atomic E-state index is 11.9. The van der Waals surface area contributed by atoms with E-state index in [9.17, 15) is 15.0 Å². The fourth-order valence-electron chi connectivity index (χ4n) is 5.05. The second-order valence-corrected chi connectivity index (χ2v) is 12.3. The number of nitrogens with zero attached hydrogens (tertiary/aromatic N) is 1. The van der Waals surface area contributed by atoms with Gasteiger partial charge in [0.15, 0.2) is 0 Å². The smallest absolute Gasteiger partial charge is 0.307 e. The van der Waals surface area contributed by atoms with Crippen molar-refractivity contribution in [2.45, 2.75) is 57.3 Å². The molecule has 41 heavy (non-hydrogen) atoms. The van der Waals surface area contributed by atoms with Crippen molar-refractivity contribution in [3.8, 4) is 0 Å². The van der Waals surface area contributed by atoms with E-state index in [1.54, 1.807) is 11.8 Å². The minimum Gasteiger partial charge on any atom is -0.481 e. The fourth-order valence-corrected chi connectivity index (χ4v) is 6.62. The Balaban J connectivity index is 1.56. The molecule has 1 aromatic heterocycles. The molecular formula is C35H38ClNO3S. The molecule has 0 amide bonds. The summed E-state index contributed by atoms with van der Waals surface area (Å²) in [6, 6.07) is 26.5. The highest BCUT2D eigenvalue weighted by Gasteiger charge is 2.21. The zero-order chi connectivity index (χ0) is 29.2. The van der Waals surface area contributed by atoms with Crippen molar-refractivity contribution in [1.29, 1.82) is 0 Å². The second kappa shape index (κ2) is 15.2. The van der Waals surface area contributed by atoms with Gasteiger partial charge in [0.2, 0.25) is 0 Å². The number of pyridine rings is 1. The Bertz CT molecular complexity index is 1490. The first-order valence-electron chi connectivity index (χ1n) is 14.3. The first-order valence-corrected chi connectivity index (χ1v) is 15.7. The minimum atomic E-state index is -0.721. The van der Waals surface area contributed by atoms with Crippen molar-refractivity contribution >= 4 is 52.4 Å². The highest BCUT2D eigenvalue weighted by atomic mass is 35.5. The maximum atomic E-state index is 11.9. The van der Waals surface area contributed by atoms with Gasteiger partial charge in [-0.15, -0.1) is 0 Å². The van der Waals surface area contributed by atoms with Crippen LogP contribution in [-0.4, -0.2) is 33.0 Å². The number of rotatable bonds is 14. The monoisotopic (exact) mass is 587 g/mol. The molecule has 0 radical (unpaired) electrons. The molecule has 0 aliphatic carbocycles. The molecule has 1 heterocycles. The van der Waals surface area contributed by atoms with Gasteiger partial charge < -0.3 is 10.2 Å². The molecule has 0 saturated heterocycles. The van der Waals surface area contributed by atoms with Crippen LogP contribution in [0.1, 0.15) is 66.3 Å². The normalized spacial score (nSPS) is 13.9. The fraction of sp³-hybridized carbons (Fsp3) is 0.314. The first-order chi connectivity index (χ1) is 19.8. The molecule has 214 valence electrons. The Morgan fingerprint density at radius 2 is 1.76 bits per heavy atom. The molecule has 3 atom stereocenters. The van der Waals surface area contributed by atoms with Crippen molar-refractivity contribution in [2.75, 3.05) is 5.75 Å². The number of aryl methyl sites for hydroxylation is 1. The number of halogens is 1. The van der Waals surface area contributed by atoms with Gasteiger partial charge in [0, 0.05) is 21.4 Å². The van der Waals surface area contributed by atoms with Crippen LogP contribution in [-0.2, 0) is 17.6 Å². The zero-order valence-corrected chi connectivity index (χ0v) is 25.2. The van der Waals surface area contributed by atoms with Crippen molar-refractivity contribution in [1.82, 2.24) is 4.98 Å². The number of carbonyl (C=O) groups is 1. The third kappa shape index (κ3) is 9.19. The van der Waals surface area contributed by atoms with Gasteiger partial charge in [-0.3, -0.25) is 4.79 Å². The van der Waals surface area contributed by atoms with E-state index < -0.39 is 12.1 Å². The second-order valence-electron chi connectivity index (χ2n) is 10.6. The van der Waals surface area contributed by atoms with Gasteiger partial charge in [0.1, 0.15) is 0 Å². The summed E-state index contributed by atoms with van der Waals surface area (Å²) in [5.41, 5.74) is 6.38. The van der Waals surface area contributed by atoms with Gasteiger partial charge >= 0.3 is 5.97 Å². The number of hydrogen-bond acceptors (Lipinski definition) is 4. The van der Waals surface area contributed by atoms with Gasteiger partial charge in [-0.25, -0.2) is 4.98 Å². The molecule has 0 aliphatic rings. The number of hydrogen-bond donors (Lipinski definition) is 2. The number of aliphatic hydroxyl groups is 1. The summed E-state index contributed by atoms with van der Waals surface area (Å²) in [6.07, 6.45) is 7.57. The van der Waals surface area contributed by atoms with Gasteiger partial charge in [-0.05, 0) is 79.1 Å². The summed E-state index contributed by atoms with van der Waals surface area (Å²) in [6.45, 7) is 3.85. The summed E-state index contributed by atoms with van der Waals surface area (Å²) >= 11 is 7.90. The third-order valence-electron chi connectivity index (χ3n) is 7.20. The molecule has 3 unspecified atom stereocenters. The van der Waals surface area contributed by atoms with Crippen LogP contribution in [0.15, 0.2) is 78.9 Å². The summed E-state index contributed by atoms with van der Waals surface area (Å²) in [5.74, 6) is -0.501. The lowest BCUT2D eigenvalue weighted by Crippen LogP contribution is -2.17. The lowest BCUT2D eigenvalue weighted by Gasteiger charge is -2.21. The summed E-state index contributed by atoms with van der Waals surface area (Å²) in [4.78, 5) is 16.6. The SMILES string of the molecule is CCCC(CSC(CCc1ccccc1CC(C)O)c1cccc(C=Cc2ccc3ccc(Cl)cc3n2)c1)C(=O)O. The molecule has 0 spiro atoms. The Morgan fingerprint density at radius 1 is 0.976 bits per heavy atom. The molecule has 3 aromatic carbocycles. The van der Waals surface area contributed by atoms with Crippen LogP contribution in [0.4, 0.5) is 0 Å². The Kier molecular flexibility index (Phi) is 11.4. The number of aromatic nitrogens is 1. The molecule has 0 bridgehead atoms. The lowest BCUT2D eigenvalue weighted by atomic mass is 9.96. The van der Waals surface area contributed by atoms with E-state index in [2.05, 4.69) is 42.5 Å². The lowest BCUT2D eigenvalue weighted by molar-refractivity contribution is -0.141. The molecule has 6 heteroatoms. The van der Waals surface area contributed by atoms with Crippen LogP contribution in [0.2, 0.25) is 5.02 Å². The molecule has 0 aliphatic heterocycles. The minimum absolute atomic E-state index is 0.141. The number of benzene rings is 3. The predicted molar refractivity (Wildman–Crippen MR) is 174 cm³/mol. The average molecular weight is 588 g/mol. The van der Waals surface area contributed by atoms with Crippen LogP contribution >= 0.6 is 23.4 Å². The number of carboxylic acids is 1. The Morgan fingerprint density at radius 3 is 2.51 bits per heavy atom. The summed E-state index contributed by atoms with van der Waals surface area (Å²) < 4.78 is 0. The highest BCUT2D eigenvalue weighted by Crippen LogP contribution is 2.36. The van der Waals surface area contributed by atoms with E-state index in [1.807, 2.05) is 62.4 Å². The van der Waals surface area contributed by atoms with E-state index >= 15 is 0 Å². The number of carboxylic acid groups (broad SMARTS) is 1. The molecule has 4 aromatic rings. The molecule has 2 N–H and O–H groups in total. The maximum Gasteiger partial charge on any atom is 0.307 e. The van der Waals surface area contributed by atoms with Crippen molar-refractivity contribution in [3.63, 3.8) is 0 Å². The van der Waals surface area contributed by atoms with Gasteiger partial charge in [-0.1, -0.05) is 91.7 Å². The van der Waals surface area contributed by atoms with Gasteiger partial charge in [0.05, 0.1) is 23.2 Å². The largest absolute Gasteiger partial charge is 0.481 e. The molecule has 0 saturated carbocycles. The third-order valence-corrected chi connectivity index (χ3v) is 8.94. The number of thioether (sulfide) groups is 1. The van der Waals surface area contributed by atoms with E-state index in [0.29, 0.717) is 23.6 Å². The van der Waals surface area contributed by atoms with Gasteiger partial charge in [-0.2, -0.15) is 11.8 Å². The molecule has 4 nitrogen and oxygen atoms in total. The first kappa shape index (κ1) is 30.8.